The molecule has 1 amide bonds. The molecule has 0 atom stereocenters. The Kier molecular flexibility index (Phi) is 3.70. The Morgan fingerprint density at radius 1 is 0.846 bits per heavy atom. The summed E-state index contributed by atoms with van der Waals surface area (Å²) in [6.45, 7) is 2.03. The van der Waals surface area contributed by atoms with E-state index < -0.39 is 0 Å². The van der Waals surface area contributed by atoms with Gasteiger partial charge in [-0.1, -0.05) is 29.8 Å². The zero-order valence-corrected chi connectivity index (χ0v) is 15.5. The van der Waals surface area contributed by atoms with Crippen LogP contribution >= 0.6 is 0 Å². The first-order chi connectivity index (χ1) is 12.6. The number of anilines is 1. The van der Waals surface area contributed by atoms with Crippen LogP contribution in [0.4, 0.5) is 5.69 Å². The van der Waals surface area contributed by atoms with Crippen LogP contribution in [0.15, 0.2) is 48.5 Å². The zero-order chi connectivity index (χ0) is 17.7. The maximum atomic E-state index is 12.4. The summed E-state index contributed by atoms with van der Waals surface area (Å²) in [5.74, 6) is 2.85. The van der Waals surface area contributed by atoms with Crippen molar-refractivity contribution in [2.45, 2.75) is 50.9 Å². The van der Waals surface area contributed by atoms with Crippen molar-refractivity contribution in [2.75, 3.05) is 5.32 Å². The third-order valence-corrected chi connectivity index (χ3v) is 7.11. The topological polar surface area (TPSA) is 29.1 Å². The lowest BCUT2D eigenvalue weighted by atomic mass is 9.48. The Morgan fingerprint density at radius 2 is 1.38 bits per heavy atom. The quantitative estimate of drug-likeness (QED) is 0.758. The average molecular weight is 345 g/mol. The second-order valence-electron chi connectivity index (χ2n) is 9.10. The number of nitrogens with one attached hydrogen (secondary N) is 1. The molecule has 1 N–H and O–H groups in total. The lowest BCUT2D eigenvalue weighted by Gasteiger charge is -2.57. The number of carbonyl (C=O) groups is 1. The van der Waals surface area contributed by atoms with E-state index in [4.69, 9.17) is 0 Å². The summed E-state index contributed by atoms with van der Waals surface area (Å²) in [5.41, 5.74) is 4.70. The molecule has 0 spiro atoms. The van der Waals surface area contributed by atoms with Gasteiger partial charge in [-0.15, -0.1) is 0 Å². The van der Waals surface area contributed by atoms with Gasteiger partial charge in [0.15, 0.2) is 0 Å². The molecule has 0 heterocycles. The SMILES string of the molecule is Cc1ccc(C(=O)Nc2ccc(C34CC5CC(CC(C5)C3)C4)cc2)cc1. The van der Waals surface area contributed by atoms with Crippen molar-refractivity contribution in [3.8, 4) is 0 Å². The number of hydrogen-bond acceptors (Lipinski definition) is 1. The highest BCUT2D eigenvalue weighted by Gasteiger charge is 2.51. The van der Waals surface area contributed by atoms with E-state index in [-0.39, 0.29) is 5.91 Å². The van der Waals surface area contributed by atoms with Gasteiger partial charge in [0.25, 0.3) is 5.91 Å². The molecule has 2 aromatic rings. The van der Waals surface area contributed by atoms with Crippen LogP contribution < -0.4 is 5.32 Å². The van der Waals surface area contributed by atoms with Gasteiger partial charge in [0, 0.05) is 11.3 Å². The van der Waals surface area contributed by atoms with Gasteiger partial charge in [0.05, 0.1) is 0 Å². The molecule has 4 bridgehead atoms. The maximum absolute atomic E-state index is 12.4. The van der Waals surface area contributed by atoms with Crippen molar-refractivity contribution in [1.29, 1.82) is 0 Å². The Balaban J connectivity index is 1.33. The molecule has 26 heavy (non-hydrogen) atoms. The summed E-state index contributed by atoms with van der Waals surface area (Å²) in [5, 5.41) is 3.04. The summed E-state index contributed by atoms with van der Waals surface area (Å²) < 4.78 is 0. The molecule has 4 saturated carbocycles. The molecule has 0 unspecified atom stereocenters. The fourth-order valence-corrected chi connectivity index (χ4v) is 6.28. The zero-order valence-electron chi connectivity index (χ0n) is 15.5. The number of rotatable bonds is 3. The number of benzene rings is 2. The van der Waals surface area contributed by atoms with Crippen LogP contribution in [0.2, 0.25) is 0 Å². The van der Waals surface area contributed by atoms with Crippen molar-refractivity contribution in [3.05, 3.63) is 65.2 Å². The lowest BCUT2D eigenvalue weighted by molar-refractivity contribution is -0.00518. The first kappa shape index (κ1) is 16.1. The third-order valence-electron chi connectivity index (χ3n) is 7.11. The molecule has 4 aliphatic carbocycles. The van der Waals surface area contributed by atoms with Gasteiger partial charge < -0.3 is 5.32 Å². The van der Waals surface area contributed by atoms with Crippen LogP contribution in [0.3, 0.4) is 0 Å². The van der Waals surface area contributed by atoms with Crippen molar-refractivity contribution >= 4 is 11.6 Å². The first-order valence-electron chi connectivity index (χ1n) is 10.1. The summed E-state index contributed by atoms with van der Waals surface area (Å²) in [7, 11) is 0. The number of aryl methyl sites for hydroxylation is 1. The second kappa shape index (κ2) is 5.97. The number of hydrogen-bond donors (Lipinski definition) is 1. The normalized spacial score (nSPS) is 31.8. The van der Waals surface area contributed by atoms with E-state index >= 15 is 0 Å². The molecule has 134 valence electrons. The van der Waals surface area contributed by atoms with Crippen molar-refractivity contribution in [2.24, 2.45) is 17.8 Å². The first-order valence-corrected chi connectivity index (χ1v) is 10.1. The van der Waals surface area contributed by atoms with E-state index in [1.54, 1.807) is 0 Å². The van der Waals surface area contributed by atoms with Gasteiger partial charge in [-0.2, -0.15) is 0 Å². The molecule has 6 rings (SSSR count). The van der Waals surface area contributed by atoms with Crippen LogP contribution in [-0.2, 0) is 5.41 Å². The van der Waals surface area contributed by atoms with E-state index in [1.807, 2.05) is 31.2 Å². The smallest absolute Gasteiger partial charge is 0.255 e. The highest BCUT2D eigenvalue weighted by molar-refractivity contribution is 6.04. The standard InChI is InChI=1S/C24H27NO/c1-16-2-4-20(5-3-16)23(26)25-22-8-6-21(7-9-22)24-13-17-10-18(14-24)12-19(11-17)15-24/h2-9,17-19H,10-15H2,1H3,(H,25,26). The lowest BCUT2D eigenvalue weighted by Crippen LogP contribution is -2.48. The third kappa shape index (κ3) is 2.76. The van der Waals surface area contributed by atoms with Crippen molar-refractivity contribution < 1.29 is 4.79 Å². The van der Waals surface area contributed by atoms with Gasteiger partial charge in [-0.25, -0.2) is 0 Å². The second-order valence-corrected chi connectivity index (χ2v) is 9.10. The van der Waals surface area contributed by atoms with E-state index in [9.17, 15) is 4.79 Å². The minimum atomic E-state index is -0.0347. The fraction of sp³-hybridized carbons (Fsp3) is 0.458. The van der Waals surface area contributed by atoms with E-state index in [0.29, 0.717) is 11.0 Å². The summed E-state index contributed by atoms with van der Waals surface area (Å²) in [6, 6.07) is 16.5. The van der Waals surface area contributed by atoms with Crippen LogP contribution in [0.5, 0.6) is 0 Å². The van der Waals surface area contributed by atoms with E-state index in [2.05, 4.69) is 29.6 Å². The number of amides is 1. The molecule has 0 saturated heterocycles. The molecule has 4 fully saturated rings. The predicted octanol–water partition coefficient (Wildman–Crippen LogP) is 5.72. The highest BCUT2D eigenvalue weighted by atomic mass is 16.1. The Labute approximate surface area is 156 Å². The molecular weight excluding hydrogens is 318 g/mol. The van der Waals surface area contributed by atoms with Gasteiger partial charge in [0.2, 0.25) is 0 Å². The summed E-state index contributed by atoms with van der Waals surface area (Å²) in [4.78, 5) is 12.4. The maximum Gasteiger partial charge on any atom is 0.255 e. The Bertz CT molecular complexity index is 783. The van der Waals surface area contributed by atoms with Crippen LogP contribution in [0, 0.1) is 24.7 Å². The molecular formula is C24H27NO. The Hall–Kier alpha value is -2.09. The van der Waals surface area contributed by atoms with Crippen LogP contribution in [0.1, 0.15) is 60.0 Å². The molecule has 2 heteroatoms. The average Bonchev–Trinajstić information content (AvgIpc) is 2.61. The molecule has 4 aliphatic rings. The van der Waals surface area contributed by atoms with E-state index in [0.717, 1.165) is 23.4 Å². The van der Waals surface area contributed by atoms with Crippen molar-refractivity contribution in [3.63, 3.8) is 0 Å². The van der Waals surface area contributed by atoms with Gasteiger partial charge in [0.1, 0.15) is 0 Å². The molecule has 0 radical (unpaired) electrons. The van der Waals surface area contributed by atoms with Crippen molar-refractivity contribution in [1.82, 2.24) is 0 Å². The van der Waals surface area contributed by atoms with Gasteiger partial charge in [-0.05, 0) is 98.4 Å². The molecule has 2 nitrogen and oxygen atoms in total. The summed E-state index contributed by atoms with van der Waals surface area (Å²) in [6.07, 6.45) is 8.58. The molecule has 0 aromatic heterocycles. The van der Waals surface area contributed by atoms with Crippen LogP contribution in [-0.4, -0.2) is 5.91 Å². The monoisotopic (exact) mass is 345 g/mol. The summed E-state index contributed by atoms with van der Waals surface area (Å²) >= 11 is 0. The predicted molar refractivity (Wildman–Crippen MR) is 105 cm³/mol. The molecule has 0 aliphatic heterocycles. The van der Waals surface area contributed by atoms with Gasteiger partial charge in [-0.3, -0.25) is 4.79 Å². The minimum Gasteiger partial charge on any atom is -0.322 e. The number of carbonyl (C=O) groups excluding carboxylic acids is 1. The van der Waals surface area contributed by atoms with E-state index in [1.165, 1.54) is 49.7 Å². The van der Waals surface area contributed by atoms with Gasteiger partial charge >= 0.3 is 0 Å². The van der Waals surface area contributed by atoms with Crippen LogP contribution in [0.25, 0.3) is 0 Å². The largest absolute Gasteiger partial charge is 0.322 e. The molecule has 2 aromatic carbocycles. The minimum absolute atomic E-state index is 0.0347. The Morgan fingerprint density at radius 3 is 1.92 bits per heavy atom. The fourth-order valence-electron chi connectivity index (χ4n) is 6.28. The highest BCUT2D eigenvalue weighted by Crippen LogP contribution is 2.60.